The molecule has 1 aliphatic rings. The van der Waals surface area contributed by atoms with Crippen molar-refractivity contribution in [2.75, 3.05) is 24.5 Å². The van der Waals surface area contributed by atoms with Crippen LogP contribution in [0.2, 0.25) is 5.02 Å². The zero-order valence-corrected chi connectivity index (χ0v) is 12.3. The Morgan fingerprint density at radius 2 is 2.27 bits per heavy atom. The largest absolute Gasteiger partial charge is 0.366 e. The molecule has 1 atom stereocenters. The molecule has 114 valence electrons. The average molecular weight is 321 g/mol. The van der Waals surface area contributed by atoms with Crippen LogP contribution < -0.4 is 10.2 Å². The minimum atomic E-state index is -0.521. The van der Waals surface area contributed by atoms with Gasteiger partial charge in [0.2, 0.25) is 5.78 Å². The molecule has 2 aromatic rings. The summed E-state index contributed by atoms with van der Waals surface area (Å²) in [5.74, 6) is -0.462. The maximum Gasteiger partial charge on any atom is 0.213 e. The summed E-state index contributed by atoms with van der Waals surface area (Å²) in [7, 11) is 0. The summed E-state index contributed by atoms with van der Waals surface area (Å²) in [5.41, 5.74) is 1.57. The number of Topliss-reactive ketones (excluding diaryl/α,β-unsaturated/α-hetero) is 1. The van der Waals surface area contributed by atoms with Crippen LogP contribution in [0.15, 0.2) is 24.5 Å². The van der Waals surface area contributed by atoms with Gasteiger partial charge in [-0.05, 0) is 28.6 Å². The monoisotopic (exact) mass is 320 g/mol. The van der Waals surface area contributed by atoms with E-state index >= 15 is 0 Å². The molecule has 1 N–H and O–H groups in total. The fraction of sp³-hybridized carbons (Fsp3) is 0.308. The number of aldehydes is 1. The number of halogens is 1. The van der Waals surface area contributed by atoms with Crippen molar-refractivity contribution in [2.45, 2.75) is 6.04 Å². The predicted molar refractivity (Wildman–Crippen MR) is 79.2 cm³/mol. The molecule has 8 nitrogen and oxygen atoms in total. The van der Waals surface area contributed by atoms with E-state index in [2.05, 4.69) is 20.8 Å². The summed E-state index contributed by atoms with van der Waals surface area (Å²) in [6, 6.07) is 4.84. The first kappa shape index (κ1) is 14.6. The molecule has 1 unspecified atom stereocenters. The molecule has 9 heteroatoms. The number of hydrogen-bond donors (Lipinski definition) is 1. The molecule has 1 aliphatic heterocycles. The fourth-order valence-corrected chi connectivity index (χ4v) is 2.62. The summed E-state index contributed by atoms with van der Waals surface area (Å²) in [6.45, 7) is 1.65. The highest BCUT2D eigenvalue weighted by Gasteiger charge is 2.26. The third-order valence-corrected chi connectivity index (χ3v) is 3.74. The van der Waals surface area contributed by atoms with E-state index in [4.69, 9.17) is 11.6 Å². The van der Waals surface area contributed by atoms with E-state index in [-0.39, 0.29) is 0 Å². The first-order valence-corrected chi connectivity index (χ1v) is 7.07. The molecule has 1 saturated heterocycles. The van der Waals surface area contributed by atoms with E-state index in [1.165, 1.54) is 11.0 Å². The Kier molecular flexibility index (Phi) is 4.12. The second kappa shape index (κ2) is 6.20. The molecular formula is C13H13ClN6O2. The Morgan fingerprint density at radius 1 is 1.41 bits per heavy atom. The number of anilines is 1. The summed E-state index contributed by atoms with van der Waals surface area (Å²) < 4.78 is 1.53. The molecule has 1 aromatic carbocycles. The minimum Gasteiger partial charge on any atom is -0.366 e. The van der Waals surface area contributed by atoms with Crippen molar-refractivity contribution in [3.8, 4) is 5.69 Å². The lowest BCUT2D eigenvalue weighted by atomic mass is 10.1. The van der Waals surface area contributed by atoms with Gasteiger partial charge >= 0.3 is 0 Å². The Morgan fingerprint density at radius 3 is 3.00 bits per heavy atom. The quantitative estimate of drug-likeness (QED) is 0.619. The molecule has 2 heterocycles. The van der Waals surface area contributed by atoms with Gasteiger partial charge in [-0.25, -0.2) is 0 Å². The van der Waals surface area contributed by atoms with E-state index in [9.17, 15) is 9.59 Å². The van der Waals surface area contributed by atoms with Gasteiger partial charge in [0.15, 0.2) is 6.29 Å². The van der Waals surface area contributed by atoms with Gasteiger partial charge in [-0.15, -0.1) is 5.10 Å². The standard InChI is InChI=1S/C13H13ClN6O2/c14-9-1-2-11(20-8-16-17-18-20)12(5-9)19-4-3-15-10(6-19)13(22)7-21/h1-2,5,7-8,10,15H,3-4,6H2. The summed E-state index contributed by atoms with van der Waals surface area (Å²) in [5, 5.41) is 14.8. The third-order valence-electron chi connectivity index (χ3n) is 3.51. The number of aromatic nitrogens is 4. The molecule has 0 aliphatic carbocycles. The van der Waals surface area contributed by atoms with Crippen LogP contribution in [0.25, 0.3) is 5.69 Å². The van der Waals surface area contributed by atoms with Crippen molar-refractivity contribution >= 4 is 29.4 Å². The highest BCUT2D eigenvalue weighted by molar-refractivity contribution is 6.31. The van der Waals surface area contributed by atoms with Gasteiger partial charge in [0.05, 0.1) is 17.4 Å². The smallest absolute Gasteiger partial charge is 0.213 e. The number of hydrogen-bond acceptors (Lipinski definition) is 7. The maximum atomic E-state index is 11.6. The second-order valence-corrected chi connectivity index (χ2v) is 5.30. The molecule has 22 heavy (non-hydrogen) atoms. The van der Waals surface area contributed by atoms with Crippen LogP contribution >= 0.6 is 11.6 Å². The van der Waals surface area contributed by atoms with E-state index in [1.807, 2.05) is 11.0 Å². The van der Waals surface area contributed by atoms with Crippen molar-refractivity contribution in [1.82, 2.24) is 25.5 Å². The maximum absolute atomic E-state index is 11.6. The highest BCUT2D eigenvalue weighted by Crippen LogP contribution is 2.28. The van der Waals surface area contributed by atoms with Crippen molar-refractivity contribution in [3.63, 3.8) is 0 Å². The zero-order chi connectivity index (χ0) is 15.5. The van der Waals surface area contributed by atoms with Crippen molar-refractivity contribution in [2.24, 2.45) is 0 Å². The number of ketones is 1. The number of nitrogens with zero attached hydrogens (tertiary/aromatic N) is 5. The van der Waals surface area contributed by atoms with E-state index < -0.39 is 11.8 Å². The third kappa shape index (κ3) is 2.83. The van der Waals surface area contributed by atoms with Gasteiger partial charge in [0, 0.05) is 24.7 Å². The number of tetrazole rings is 1. The lowest BCUT2D eigenvalue weighted by Gasteiger charge is -2.34. The first-order valence-electron chi connectivity index (χ1n) is 6.69. The fourth-order valence-electron chi connectivity index (χ4n) is 2.46. The van der Waals surface area contributed by atoms with Gasteiger partial charge in [-0.1, -0.05) is 11.6 Å². The number of piperazine rings is 1. The molecule has 1 aromatic heterocycles. The van der Waals surface area contributed by atoms with Crippen LogP contribution in [-0.4, -0.2) is 58.0 Å². The zero-order valence-electron chi connectivity index (χ0n) is 11.5. The minimum absolute atomic E-state index is 0.349. The molecule has 0 radical (unpaired) electrons. The molecule has 0 saturated carbocycles. The average Bonchev–Trinajstić information content (AvgIpc) is 3.08. The van der Waals surface area contributed by atoms with E-state index in [1.54, 1.807) is 12.1 Å². The van der Waals surface area contributed by atoms with Gasteiger partial charge < -0.3 is 10.2 Å². The topological polar surface area (TPSA) is 93.0 Å². The molecule has 0 amide bonds. The Balaban J connectivity index is 1.95. The van der Waals surface area contributed by atoms with Gasteiger partial charge in [0.25, 0.3) is 0 Å². The van der Waals surface area contributed by atoms with E-state index in [0.29, 0.717) is 30.9 Å². The Bertz CT molecular complexity index is 690. The highest BCUT2D eigenvalue weighted by atomic mass is 35.5. The lowest BCUT2D eigenvalue weighted by molar-refractivity contribution is -0.131. The number of benzene rings is 1. The predicted octanol–water partition coefficient (Wildman–Crippen LogP) is -0.138. The van der Waals surface area contributed by atoms with Crippen LogP contribution in [0.5, 0.6) is 0 Å². The molecular weight excluding hydrogens is 308 g/mol. The number of carbonyl (C=O) groups excluding carboxylic acids is 2. The molecule has 3 rings (SSSR count). The summed E-state index contributed by atoms with van der Waals surface area (Å²) in [6.07, 6.45) is 1.84. The molecule has 0 spiro atoms. The molecule has 0 bridgehead atoms. The molecule has 1 fully saturated rings. The SMILES string of the molecule is O=CC(=O)C1CN(c2cc(Cl)ccc2-n2cnnn2)CCN1. The van der Waals surface area contributed by atoms with Crippen molar-refractivity contribution in [1.29, 1.82) is 0 Å². The van der Waals surface area contributed by atoms with Crippen molar-refractivity contribution in [3.05, 3.63) is 29.5 Å². The Labute approximate surface area is 131 Å². The number of nitrogens with one attached hydrogen (secondary N) is 1. The van der Waals surface area contributed by atoms with Crippen LogP contribution in [0, 0.1) is 0 Å². The van der Waals surface area contributed by atoms with Gasteiger partial charge in [-0.2, -0.15) is 4.68 Å². The lowest BCUT2D eigenvalue weighted by Crippen LogP contribution is -2.54. The normalized spacial score (nSPS) is 18.2. The van der Waals surface area contributed by atoms with Crippen LogP contribution in [-0.2, 0) is 9.59 Å². The van der Waals surface area contributed by atoms with Crippen molar-refractivity contribution < 1.29 is 9.59 Å². The first-order chi connectivity index (χ1) is 10.7. The number of rotatable bonds is 4. The summed E-state index contributed by atoms with van der Waals surface area (Å²) >= 11 is 6.10. The number of carbonyl (C=O) groups is 2. The Hall–Kier alpha value is -2.32. The van der Waals surface area contributed by atoms with Crippen LogP contribution in [0.1, 0.15) is 0 Å². The second-order valence-electron chi connectivity index (χ2n) is 4.86. The van der Waals surface area contributed by atoms with Gasteiger partial charge in [-0.3, -0.25) is 9.59 Å². The van der Waals surface area contributed by atoms with Crippen LogP contribution in [0.3, 0.4) is 0 Å². The summed E-state index contributed by atoms with van der Waals surface area (Å²) in [4.78, 5) is 24.3. The van der Waals surface area contributed by atoms with Gasteiger partial charge in [0.1, 0.15) is 6.33 Å². The van der Waals surface area contributed by atoms with E-state index in [0.717, 1.165) is 11.4 Å². The van der Waals surface area contributed by atoms with Crippen LogP contribution in [0.4, 0.5) is 5.69 Å².